The first-order valence-corrected chi connectivity index (χ1v) is 13.3. The molecule has 0 saturated carbocycles. The van der Waals surface area contributed by atoms with Gasteiger partial charge in [0.2, 0.25) is 5.91 Å². The fourth-order valence-corrected chi connectivity index (χ4v) is 6.14. The number of nitrogens with one attached hydrogen (secondary N) is 1. The van der Waals surface area contributed by atoms with E-state index in [2.05, 4.69) is 20.1 Å². The van der Waals surface area contributed by atoms with Gasteiger partial charge < -0.3 is 20.7 Å². The third-order valence-electron chi connectivity index (χ3n) is 8.21. The van der Waals surface area contributed by atoms with Crippen LogP contribution in [0.1, 0.15) is 68.4 Å². The molecule has 2 saturated heterocycles. The number of hydrogen-bond acceptors (Lipinski definition) is 8. The largest absolute Gasteiger partial charge is 0.395 e. The number of nitrogens with zero attached hydrogens (tertiary/aromatic N) is 6. The molecular formula is C28H32N8O3. The highest BCUT2D eigenvalue weighted by Crippen LogP contribution is 2.46. The predicted octanol–water partition coefficient (Wildman–Crippen LogP) is 3.22. The minimum Gasteiger partial charge on any atom is -0.395 e. The van der Waals surface area contributed by atoms with Gasteiger partial charge in [0.05, 0.1) is 29.5 Å². The van der Waals surface area contributed by atoms with Crippen LogP contribution in [-0.2, 0) is 4.79 Å². The summed E-state index contributed by atoms with van der Waals surface area (Å²) in [6, 6.07) is 3.89. The second kappa shape index (κ2) is 9.26. The summed E-state index contributed by atoms with van der Waals surface area (Å²) in [5.74, 6) is 0.734. The van der Waals surface area contributed by atoms with E-state index >= 15 is 0 Å². The lowest BCUT2D eigenvalue weighted by molar-refractivity contribution is -0.147. The Hall–Kier alpha value is -4.12. The van der Waals surface area contributed by atoms with Crippen LogP contribution in [0.2, 0.25) is 0 Å². The minimum absolute atomic E-state index is 0.0192. The number of amides is 1. The molecule has 0 aliphatic carbocycles. The Balaban J connectivity index is 1.39. The number of carbonyl (C=O) groups is 2. The Morgan fingerprint density at radius 1 is 1.15 bits per heavy atom. The average Bonchev–Trinajstić information content (AvgIpc) is 3.66. The van der Waals surface area contributed by atoms with E-state index in [0.717, 1.165) is 24.0 Å². The normalized spacial score (nSPS) is 21.0. The van der Waals surface area contributed by atoms with Gasteiger partial charge in [-0.05, 0) is 52.5 Å². The first-order chi connectivity index (χ1) is 18.7. The lowest BCUT2D eigenvalue weighted by Crippen LogP contribution is -2.52. The number of anilines is 1. The Morgan fingerprint density at radius 3 is 2.49 bits per heavy atom. The molecule has 6 heterocycles. The standard InChI is InChI=1S/C28H32N8O3/c1-15(38)22-23(17-10-18-5-6-19(11-17)35(18)27(39)28(2,3)14-37)34-26-20(13-33-36(26)24(22)29)16-4-7-21(32-12-16)25-30-8-9-31-25/h4,7-9,12-13,17-19,37H,5-6,10-11,14,29H2,1-3H3,(H,30,31)/t17?,18-,19+. The van der Waals surface area contributed by atoms with Crippen molar-refractivity contribution in [3.05, 3.63) is 48.2 Å². The van der Waals surface area contributed by atoms with Gasteiger partial charge in [0.15, 0.2) is 17.3 Å². The number of aromatic nitrogens is 6. The van der Waals surface area contributed by atoms with Gasteiger partial charge in [-0.1, -0.05) is 6.07 Å². The molecule has 3 atom stereocenters. The van der Waals surface area contributed by atoms with Crippen LogP contribution in [0.25, 0.3) is 28.3 Å². The van der Waals surface area contributed by atoms with E-state index in [1.54, 1.807) is 38.6 Å². The van der Waals surface area contributed by atoms with Crippen molar-refractivity contribution in [3.8, 4) is 22.6 Å². The fourth-order valence-electron chi connectivity index (χ4n) is 6.14. The zero-order chi connectivity index (χ0) is 27.5. The van der Waals surface area contributed by atoms with Crippen LogP contribution in [0.5, 0.6) is 0 Å². The zero-order valence-electron chi connectivity index (χ0n) is 22.3. The lowest BCUT2D eigenvalue weighted by Gasteiger charge is -2.42. The van der Waals surface area contributed by atoms with Crippen molar-refractivity contribution in [1.82, 2.24) is 34.4 Å². The minimum atomic E-state index is -0.827. The highest BCUT2D eigenvalue weighted by molar-refractivity contribution is 6.00. The van der Waals surface area contributed by atoms with Crippen molar-refractivity contribution in [3.63, 3.8) is 0 Å². The number of imidazole rings is 1. The van der Waals surface area contributed by atoms with Crippen LogP contribution in [0.3, 0.4) is 0 Å². The molecule has 2 aliphatic heterocycles. The van der Waals surface area contributed by atoms with E-state index < -0.39 is 5.41 Å². The summed E-state index contributed by atoms with van der Waals surface area (Å²) in [6.07, 6.45) is 10.0. The van der Waals surface area contributed by atoms with Crippen molar-refractivity contribution < 1.29 is 14.7 Å². The Bertz CT molecular complexity index is 1540. The molecular weight excluding hydrogens is 496 g/mol. The second-order valence-electron chi connectivity index (χ2n) is 11.3. The SMILES string of the molecule is CC(=O)c1c(C2C[C@H]3CC[C@@H](C2)N3C(=O)C(C)(C)CO)nc2c(-c3ccc(-c4ncc[nH]4)nc3)cnn2c1N. The van der Waals surface area contributed by atoms with Crippen molar-refractivity contribution in [1.29, 1.82) is 0 Å². The third-order valence-corrected chi connectivity index (χ3v) is 8.21. The maximum atomic E-state index is 13.3. The van der Waals surface area contributed by atoms with Crippen molar-refractivity contribution in [2.24, 2.45) is 5.41 Å². The van der Waals surface area contributed by atoms with Gasteiger partial charge in [-0.3, -0.25) is 14.6 Å². The van der Waals surface area contributed by atoms with Gasteiger partial charge in [-0.25, -0.2) is 9.97 Å². The van der Waals surface area contributed by atoms with E-state index in [1.165, 1.54) is 11.4 Å². The van der Waals surface area contributed by atoms with Crippen LogP contribution in [0.15, 0.2) is 36.9 Å². The number of pyridine rings is 1. The number of nitrogen functional groups attached to an aromatic ring is 1. The van der Waals surface area contributed by atoms with Crippen molar-refractivity contribution >= 4 is 23.2 Å². The quantitative estimate of drug-likeness (QED) is 0.322. The molecule has 4 aromatic rings. The van der Waals surface area contributed by atoms with Gasteiger partial charge in [0, 0.05) is 47.7 Å². The number of aliphatic hydroxyl groups is 1. The highest BCUT2D eigenvalue weighted by atomic mass is 16.3. The summed E-state index contributed by atoms with van der Waals surface area (Å²) in [4.78, 5) is 45.0. The maximum Gasteiger partial charge on any atom is 0.231 e. The van der Waals surface area contributed by atoms with Crippen molar-refractivity contribution in [2.75, 3.05) is 12.3 Å². The van der Waals surface area contributed by atoms with Gasteiger partial charge in [0.1, 0.15) is 11.5 Å². The molecule has 11 nitrogen and oxygen atoms in total. The predicted molar refractivity (Wildman–Crippen MR) is 145 cm³/mol. The second-order valence-corrected chi connectivity index (χ2v) is 11.3. The number of hydrogen-bond donors (Lipinski definition) is 3. The summed E-state index contributed by atoms with van der Waals surface area (Å²) in [5.41, 5.74) is 9.65. The van der Waals surface area contributed by atoms with Crippen LogP contribution in [0.4, 0.5) is 5.82 Å². The summed E-state index contributed by atoms with van der Waals surface area (Å²) in [5, 5.41) is 14.2. The number of nitrogens with two attached hydrogens (primary N) is 1. The van der Waals surface area contributed by atoms with E-state index in [0.29, 0.717) is 41.3 Å². The number of carbonyl (C=O) groups excluding carboxylic acids is 2. The molecule has 0 aromatic carbocycles. The molecule has 0 radical (unpaired) electrons. The Kier molecular flexibility index (Phi) is 5.98. The molecule has 6 rings (SSSR count). The summed E-state index contributed by atoms with van der Waals surface area (Å²) < 4.78 is 1.52. The first-order valence-electron chi connectivity index (χ1n) is 13.3. The molecule has 1 unspecified atom stereocenters. The lowest BCUT2D eigenvalue weighted by atomic mass is 9.83. The highest BCUT2D eigenvalue weighted by Gasteiger charge is 2.48. The molecule has 4 N–H and O–H groups in total. The van der Waals surface area contributed by atoms with Crippen LogP contribution in [-0.4, -0.2) is 69.9 Å². The Labute approximate surface area is 225 Å². The topological polar surface area (TPSA) is 155 Å². The third kappa shape index (κ3) is 4.08. The number of piperidine rings is 1. The molecule has 0 spiro atoms. The van der Waals surface area contributed by atoms with E-state index in [-0.39, 0.29) is 42.1 Å². The molecule has 2 fully saturated rings. The molecule has 39 heavy (non-hydrogen) atoms. The molecule has 2 aliphatic rings. The van der Waals surface area contributed by atoms with Gasteiger partial charge in [0.25, 0.3) is 0 Å². The van der Waals surface area contributed by atoms with E-state index in [4.69, 9.17) is 10.7 Å². The number of Topliss-reactive ketones (excluding diaryl/α,β-unsaturated/α-hetero) is 1. The summed E-state index contributed by atoms with van der Waals surface area (Å²) in [7, 11) is 0. The Morgan fingerprint density at radius 2 is 1.90 bits per heavy atom. The number of rotatable bonds is 6. The van der Waals surface area contributed by atoms with Gasteiger partial charge in [-0.2, -0.15) is 9.61 Å². The van der Waals surface area contributed by atoms with E-state index in [1.807, 2.05) is 17.0 Å². The van der Waals surface area contributed by atoms with Gasteiger partial charge >= 0.3 is 0 Å². The maximum absolute atomic E-state index is 13.3. The van der Waals surface area contributed by atoms with Crippen LogP contribution >= 0.6 is 0 Å². The molecule has 11 heteroatoms. The molecule has 4 aromatic heterocycles. The van der Waals surface area contributed by atoms with E-state index in [9.17, 15) is 14.7 Å². The molecule has 2 bridgehead atoms. The summed E-state index contributed by atoms with van der Waals surface area (Å²) >= 11 is 0. The van der Waals surface area contributed by atoms with Crippen LogP contribution < -0.4 is 5.73 Å². The average molecular weight is 529 g/mol. The zero-order valence-corrected chi connectivity index (χ0v) is 22.3. The number of ketones is 1. The van der Waals surface area contributed by atoms with Gasteiger partial charge in [-0.15, -0.1) is 0 Å². The molecule has 202 valence electrons. The monoisotopic (exact) mass is 528 g/mol. The molecule has 1 amide bonds. The summed E-state index contributed by atoms with van der Waals surface area (Å²) in [6.45, 7) is 4.86. The van der Waals surface area contributed by atoms with Crippen LogP contribution in [0, 0.1) is 5.41 Å². The number of aromatic amines is 1. The number of aliphatic hydroxyl groups excluding tert-OH is 1. The van der Waals surface area contributed by atoms with Crippen molar-refractivity contribution in [2.45, 2.75) is 64.5 Å². The first kappa shape index (κ1) is 25.2. The fraction of sp³-hybridized carbons (Fsp3) is 0.429. The smallest absolute Gasteiger partial charge is 0.231 e. The number of H-pyrrole nitrogens is 1. The number of fused-ring (bicyclic) bond motifs is 3.